The first kappa shape index (κ1) is 19.5. The Kier molecular flexibility index (Phi) is 6.26. The molecule has 0 saturated carbocycles. The summed E-state index contributed by atoms with van der Waals surface area (Å²) in [6.45, 7) is 8.33. The summed E-state index contributed by atoms with van der Waals surface area (Å²) in [6.07, 6.45) is 6.71. The molecule has 0 aliphatic rings. The van der Waals surface area contributed by atoms with Gasteiger partial charge in [0.25, 0.3) is 0 Å². The molecule has 136 valence electrons. The predicted molar refractivity (Wildman–Crippen MR) is 97.3 cm³/mol. The third-order valence-electron chi connectivity index (χ3n) is 5.44. The number of aryl methyl sites for hydroxylation is 2. The molecule has 0 N–H and O–H groups in total. The average Bonchev–Trinajstić information content (AvgIpc) is 2.60. The zero-order valence-electron chi connectivity index (χ0n) is 16.0. The molecule has 2 heterocycles. The van der Waals surface area contributed by atoms with Crippen LogP contribution in [0.15, 0.2) is 24.4 Å². The molecule has 25 heavy (non-hydrogen) atoms. The molecule has 0 atom stereocenters. The summed E-state index contributed by atoms with van der Waals surface area (Å²) < 4.78 is 30.6. The molecular formula is C21H29F2N2+. The third kappa shape index (κ3) is 4.05. The summed E-state index contributed by atoms with van der Waals surface area (Å²) in [4.78, 5) is 3.48. The van der Waals surface area contributed by atoms with Crippen LogP contribution in [0.1, 0.15) is 64.5 Å². The molecule has 0 aliphatic heterocycles. The largest absolute Gasteiger partial charge is 0.229 e. The summed E-state index contributed by atoms with van der Waals surface area (Å²) in [5.41, 5.74) is 2.74. The van der Waals surface area contributed by atoms with Crippen molar-refractivity contribution in [2.75, 3.05) is 0 Å². The van der Waals surface area contributed by atoms with Crippen molar-refractivity contribution in [3.8, 4) is 11.3 Å². The quantitative estimate of drug-likeness (QED) is 0.492. The van der Waals surface area contributed by atoms with Gasteiger partial charge >= 0.3 is 0 Å². The highest BCUT2D eigenvalue weighted by atomic mass is 19.1. The number of hydrogen-bond donors (Lipinski definition) is 0. The lowest BCUT2D eigenvalue weighted by atomic mass is 9.75. The fourth-order valence-electron chi connectivity index (χ4n) is 3.23. The van der Waals surface area contributed by atoms with Gasteiger partial charge in [0.15, 0.2) is 6.20 Å². The van der Waals surface area contributed by atoms with E-state index in [4.69, 9.17) is 0 Å². The highest BCUT2D eigenvalue weighted by Gasteiger charge is 2.32. The van der Waals surface area contributed by atoms with Gasteiger partial charge in [0.05, 0.1) is 0 Å². The lowest BCUT2D eigenvalue weighted by Gasteiger charge is -2.29. The molecule has 0 unspecified atom stereocenters. The van der Waals surface area contributed by atoms with Gasteiger partial charge in [0.1, 0.15) is 12.6 Å². The molecule has 0 saturated heterocycles. The van der Waals surface area contributed by atoms with Gasteiger partial charge in [-0.2, -0.15) is 13.8 Å². The van der Waals surface area contributed by atoms with Crippen LogP contribution >= 0.6 is 0 Å². The van der Waals surface area contributed by atoms with Crippen molar-refractivity contribution in [2.45, 2.75) is 65.2 Å². The maximum atomic E-state index is 14.8. The zero-order valence-corrected chi connectivity index (χ0v) is 16.0. The number of rotatable bonds is 7. The van der Waals surface area contributed by atoms with E-state index in [9.17, 15) is 8.78 Å². The Morgan fingerprint density at radius 1 is 1.12 bits per heavy atom. The van der Waals surface area contributed by atoms with Crippen molar-refractivity contribution in [3.05, 3.63) is 47.4 Å². The number of pyridine rings is 2. The van der Waals surface area contributed by atoms with Gasteiger partial charge in [-0.15, -0.1) is 0 Å². The molecule has 0 aliphatic carbocycles. The van der Waals surface area contributed by atoms with Crippen LogP contribution < -0.4 is 4.57 Å². The Morgan fingerprint density at radius 3 is 2.40 bits per heavy atom. The Hall–Kier alpha value is -1.84. The summed E-state index contributed by atoms with van der Waals surface area (Å²) >= 11 is 0. The molecule has 2 aromatic heterocycles. The second kappa shape index (κ2) is 8.03. The second-order valence-corrected chi connectivity index (χ2v) is 7.06. The highest BCUT2D eigenvalue weighted by Crippen LogP contribution is 2.38. The van der Waals surface area contributed by atoms with Gasteiger partial charge < -0.3 is 0 Å². The lowest BCUT2D eigenvalue weighted by molar-refractivity contribution is -0.660. The standard InChI is InChI=1S/C21H29F2N2/c1-6-9-10-15-11-12-25(5)17(13-15)19-16(21(4,7-2)8-3)14-18(22)24-20(19)23/h11-14H,6-10H2,1-5H3/q+1. The van der Waals surface area contributed by atoms with Crippen LogP contribution in [0.2, 0.25) is 0 Å². The van der Waals surface area contributed by atoms with Crippen molar-refractivity contribution >= 4 is 0 Å². The van der Waals surface area contributed by atoms with Crippen LogP contribution in [0.25, 0.3) is 11.3 Å². The van der Waals surface area contributed by atoms with E-state index in [0.717, 1.165) is 37.8 Å². The van der Waals surface area contributed by atoms with Crippen LogP contribution in [0, 0.1) is 11.9 Å². The first-order valence-corrected chi connectivity index (χ1v) is 9.21. The third-order valence-corrected chi connectivity index (χ3v) is 5.44. The highest BCUT2D eigenvalue weighted by molar-refractivity contribution is 5.63. The van der Waals surface area contributed by atoms with E-state index >= 15 is 0 Å². The van der Waals surface area contributed by atoms with Crippen LogP contribution in [-0.4, -0.2) is 4.98 Å². The maximum Gasteiger partial charge on any atom is 0.229 e. The van der Waals surface area contributed by atoms with Gasteiger partial charge in [-0.25, -0.2) is 4.57 Å². The molecule has 0 amide bonds. The maximum absolute atomic E-state index is 14.8. The smallest absolute Gasteiger partial charge is 0.201 e. The first-order chi connectivity index (χ1) is 11.9. The van der Waals surface area contributed by atoms with E-state index in [-0.39, 0.29) is 5.41 Å². The molecule has 0 aromatic carbocycles. The molecule has 0 bridgehead atoms. The van der Waals surface area contributed by atoms with E-state index in [2.05, 4.69) is 38.7 Å². The zero-order chi connectivity index (χ0) is 18.6. The van der Waals surface area contributed by atoms with Crippen molar-refractivity contribution in [1.29, 1.82) is 0 Å². The minimum Gasteiger partial charge on any atom is -0.201 e. The second-order valence-electron chi connectivity index (χ2n) is 7.06. The van der Waals surface area contributed by atoms with E-state index in [0.29, 0.717) is 11.1 Å². The molecule has 0 spiro atoms. The van der Waals surface area contributed by atoms with Crippen molar-refractivity contribution < 1.29 is 13.3 Å². The monoisotopic (exact) mass is 347 g/mol. The Balaban J connectivity index is 2.70. The fourth-order valence-corrected chi connectivity index (χ4v) is 3.23. The Bertz CT molecular complexity index is 737. The van der Waals surface area contributed by atoms with Crippen LogP contribution in [-0.2, 0) is 18.9 Å². The average molecular weight is 347 g/mol. The topological polar surface area (TPSA) is 16.8 Å². The SMILES string of the molecule is CCCCc1cc[n+](C)c(-c2c(C(C)(CC)CC)cc(F)nc2F)c1. The molecule has 2 nitrogen and oxygen atoms in total. The molecule has 0 fully saturated rings. The summed E-state index contributed by atoms with van der Waals surface area (Å²) in [7, 11) is 1.89. The molecule has 0 radical (unpaired) electrons. The van der Waals surface area contributed by atoms with Crippen LogP contribution in [0.4, 0.5) is 8.78 Å². The van der Waals surface area contributed by atoms with E-state index in [1.807, 2.05) is 23.9 Å². The normalized spacial score (nSPS) is 11.8. The van der Waals surface area contributed by atoms with Gasteiger partial charge in [0.2, 0.25) is 17.6 Å². The Morgan fingerprint density at radius 2 is 1.80 bits per heavy atom. The minimum absolute atomic E-state index is 0.299. The molecule has 2 aromatic rings. The number of halogens is 2. The number of aromatic nitrogens is 2. The van der Waals surface area contributed by atoms with Crippen molar-refractivity contribution in [2.24, 2.45) is 7.05 Å². The van der Waals surface area contributed by atoms with Crippen molar-refractivity contribution in [3.63, 3.8) is 0 Å². The van der Waals surface area contributed by atoms with E-state index in [1.165, 1.54) is 11.6 Å². The Labute approximate surface area is 149 Å². The molecule has 2 rings (SSSR count). The summed E-state index contributed by atoms with van der Waals surface area (Å²) in [5, 5.41) is 0. The van der Waals surface area contributed by atoms with Crippen molar-refractivity contribution in [1.82, 2.24) is 4.98 Å². The minimum atomic E-state index is -0.755. The fraction of sp³-hybridized carbons (Fsp3) is 0.524. The van der Waals surface area contributed by atoms with Gasteiger partial charge in [-0.1, -0.05) is 34.1 Å². The molecule has 4 heteroatoms. The van der Waals surface area contributed by atoms with Gasteiger partial charge in [0, 0.05) is 12.1 Å². The lowest BCUT2D eigenvalue weighted by Crippen LogP contribution is -2.33. The van der Waals surface area contributed by atoms with E-state index in [1.54, 1.807) is 0 Å². The van der Waals surface area contributed by atoms with Gasteiger partial charge in [-0.05, 0) is 48.3 Å². The first-order valence-electron chi connectivity index (χ1n) is 9.21. The summed E-state index contributed by atoms with van der Waals surface area (Å²) in [5.74, 6) is -1.49. The summed E-state index contributed by atoms with van der Waals surface area (Å²) in [6, 6.07) is 5.49. The number of unbranched alkanes of at least 4 members (excludes halogenated alkanes) is 1. The van der Waals surface area contributed by atoms with E-state index < -0.39 is 11.9 Å². The molecular weight excluding hydrogens is 318 g/mol. The van der Waals surface area contributed by atoms with Crippen LogP contribution in [0.5, 0.6) is 0 Å². The van der Waals surface area contributed by atoms with Gasteiger partial charge in [-0.3, -0.25) is 0 Å². The predicted octanol–water partition coefficient (Wildman–Crippen LogP) is 5.27. The van der Waals surface area contributed by atoms with Crippen LogP contribution in [0.3, 0.4) is 0 Å². The number of hydrogen-bond acceptors (Lipinski definition) is 1. The number of nitrogens with zero attached hydrogens (tertiary/aromatic N) is 2.